The molecule has 3 atom stereocenters. The number of hydrogen-bond acceptors (Lipinski definition) is 3. The summed E-state index contributed by atoms with van der Waals surface area (Å²) in [5, 5.41) is 10.2. The van der Waals surface area contributed by atoms with E-state index < -0.39 is 0 Å². The third-order valence-corrected chi connectivity index (χ3v) is 4.81. The Hall–Kier alpha value is 0.270. The minimum Gasteiger partial charge on any atom is -0.393 e. The van der Waals surface area contributed by atoms with E-state index in [-0.39, 0.29) is 6.10 Å². The van der Waals surface area contributed by atoms with E-state index in [0.717, 1.165) is 13.0 Å². The minimum absolute atomic E-state index is 0.0632. The first-order chi connectivity index (χ1) is 8.19. The largest absolute Gasteiger partial charge is 0.393 e. The molecule has 1 aliphatic carbocycles. The molecule has 17 heavy (non-hydrogen) atoms. The van der Waals surface area contributed by atoms with E-state index in [9.17, 15) is 5.11 Å². The molecule has 0 aromatic heterocycles. The van der Waals surface area contributed by atoms with Gasteiger partial charge in [-0.05, 0) is 38.5 Å². The molecular weight excluding hydrogens is 230 g/mol. The van der Waals surface area contributed by atoms with Crippen LogP contribution in [-0.2, 0) is 0 Å². The Morgan fingerprint density at radius 2 is 2.00 bits per heavy atom. The van der Waals surface area contributed by atoms with Crippen molar-refractivity contribution in [2.45, 2.75) is 57.6 Å². The second-order valence-electron chi connectivity index (χ2n) is 5.42. The summed E-state index contributed by atoms with van der Waals surface area (Å²) in [4.78, 5) is 2.47. The van der Waals surface area contributed by atoms with E-state index in [1.54, 1.807) is 0 Å². The van der Waals surface area contributed by atoms with E-state index in [1.165, 1.54) is 37.9 Å². The van der Waals surface area contributed by atoms with Crippen molar-refractivity contribution in [2.75, 3.05) is 25.6 Å². The van der Waals surface area contributed by atoms with Gasteiger partial charge in [0.2, 0.25) is 0 Å². The molecule has 1 aliphatic rings. The highest BCUT2D eigenvalue weighted by atomic mass is 32.2. The maximum absolute atomic E-state index is 10.2. The number of hydrogen-bond donors (Lipinski definition) is 1. The van der Waals surface area contributed by atoms with Gasteiger partial charge in [-0.15, -0.1) is 0 Å². The van der Waals surface area contributed by atoms with Gasteiger partial charge in [0, 0.05) is 18.3 Å². The van der Waals surface area contributed by atoms with Crippen molar-refractivity contribution in [3.05, 3.63) is 0 Å². The van der Waals surface area contributed by atoms with Crippen LogP contribution in [0.15, 0.2) is 0 Å². The lowest BCUT2D eigenvalue weighted by Gasteiger charge is -2.32. The molecule has 102 valence electrons. The van der Waals surface area contributed by atoms with Gasteiger partial charge in [-0.3, -0.25) is 0 Å². The van der Waals surface area contributed by atoms with Crippen LogP contribution in [0, 0.1) is 5.92 Å². The number of aliphatic hydroxyl groups is 1. The van der Waals surface area contributed by atoms with Crippen LogP contribution in [0.2, 0.25) is 0 Å². The van der Waals surface area contributed by atoms with Crippen molar-refractivity contribution in [3.8, 4) is 0 Å². The molecule has 0 amide bonds. The van der Waals surface area contributed by atoms with Crippen molar-refractivity contribution in [3.63, 3.8) is 0 Å². The normalized spacial score (nSPS) is 28.1. The van der Waals surface area contributed by atoms with E-state index in [4.69, 9.17) is 0 Å². The highest BCUT2D eigenvalue weighted by Gasteiger charge is 2.24. The van der Waals surface area contributed by atoms with Crippen LogP contribution < -0.4 is 0 Å². The SMILES string of the molecule is CCC(CSC)N(C)CC1CCCCCC1O. The van der Waals surface area contributed by atoms with Crippen LogP contribution >= 0.6 is 11.8 Å². The Morgan fingerprint density at radius 3 is 2.65 bits per heavy atom. The van der Waals surface area contributed by atoms with E-state index >= 15 is 0 Å². The molecule has 0 aromatic carbocycles. The monoisotopic (exact) mass is 259 g/mol. The molecule has 0 aromatic rings. The van der Waals surface area contributed by atoms with E-state index in [0.29, 0.717) is 12.0 Å². The molecule has 1 rings (SSSR count). The van der Waals surface area contributed by atoms with Crippen molar-refractivity contribution in [2.24, 2.45) is 5.92 Å². The van der Waals surface area contributed by atoms with Crippen LogP contribution in [0.4, 0.5) is 0 Å². The molecule has 0 heterocycles. The fourth-order valence-electron chi connectivity index (χ4n) is 2.85. The maximum atomic E-state index is 10.2. The van der Waals surface area contributed by atoms with E-state index in [1.807, 2.05) is 11.8 Å². The van der Waals surface area contributed by atoms with Crippen LogP contribution in [0.25, 0.3) is 0 Å². The summed E-state index contributed by atoms with van der Waals surface area (Å²) in [6.07, 6.45) is 9.36. The van der Waals surface area contributed by atoms with Gasteiger partial charge in [-0.1, -0.05) is 26.2 Å². The van der Waals surface area contributed by atoms with Crippen LogP contribution in [0.5, 0.6) is 0 Å². The second-order valence-corrected chi connectivity index (χ2v) is 6.33. The number of thioether (sulfide) groups is 1. The van der Waals surface area contributed by atoms with Crippen LogP contribution in [0.1, 0.15) is 45.4 Å². The van der Waals surface area contributed by atoms with Gasteiger partial charge in [0.05, 0.1) is 6.10 Å². The lowest BCUT2D eigenvalue weighted by molar-refractivity contribution is 0.0713. The zero-order valence-corrected chi connectivity index (χ0v) is 12.5. The molecule has 0 aliphatic heterocycles. The number of rotatable bonds is 6. The van der Waals surface area contributed by atoms with Gasteiger partial charge < -0.3 is 10.0 Å². The first kappa shape index (κ1) is 15.3. The lowest BCUT2D eigenvalue weighted by atomic mass is 9.96. The average molecular weight is 259 g/mol. The highest BCUT2D eigenvalue weighted by molar-refractivity contribution is 7.98. The summed E-state index contributed by atoms with van der Waals surface area (Å²) in [5.74, 6) is 1.70. The van der Waals surface area contributed by atoms with Gasteiger partial charge >= 0.3 is 0 Å². The third-order valence-electron chi connectivity index (χ3n) is 4.10. The molecule has 0 saturated heterocycles. The molecular formula is C14H29NOS. The molecule has 1 saturated carbocycles. The predicted octanol–water partition coefficient (Wildman–Crippen LogP) is 3.00. The zero-order chi connectivity index (χ0) is 12.7. The Kier molecular flexibility index (Phi) is 7.56. The van der Waals surface area contributed by atoms with Crippen molar-refractivity contribution >= 4 is 11.8 Å². The maximum Gasteiger partial charge on any atom is 0.0580 e. The molecule has 1 fully saturated rings. The number of nitrogens with zero attached hydrogens (tertiary/aromatic N) is 1. The Bertz CT molecular complexity index is 201. The fraction of sp³-hybridized carbons (Fsp3) is 1.00. The molecule has 0 radical (unpaired) electrons. The lowest BCUT2D eigenvalue weighted by Crippen LogP contribution is -2.39. The van der Waals surface area contributed by atoms with Gasteiger partial charge in [0.1, 0.15) is 0 Å². The molecule has 3 heteroatoms. The van der Waals surface area contributed by atoms with Gasteiger partial charge in [-0.2, -0.15) is 11.8 Å². The summed E-state index contributed by atoms with van der Waals surface area (Å²) >= 11 is 1.93. The zero-order valence-electron chi connectivity index (χ0n) is 11.7. The van der Waals surface area contributed by atoms with Gasteiger partial charge in [-0.25, -0.2) is 0 Å². The third kappa shape index (κ3) is 5.19. The standard InChI is InChI=1S/C14H29NOS/c1-4-13(11-17-3)15(2)10-12-8-6-5-7-9-14(12)16/h12-14,16H,4-11H2,1-3H3. The fourth-order valence-corrected chi connectivity index (χ4v) is 3.72. The molecule has 0 spiro atoms. The summed E-state index contributed by atoms with van der Waals surface area (Å²) in [7, 11) is 2.22. The Balaban J connectivity index is 2.43. The van der Waals surface area contributed by atoms with Crippen molar-refractivity contribution < 1.29 is 5.11 Å². The van der Waals surface area contributed by atoms with Crippen molar-refractivity contribution in [1.29, 1.82) is 0 Å². The molecule has 2 nitrogen and oxygen atoms in total. The van der Waals surface area contributed by atoms with Gasteiger partial charge in [0.25, 0.3) is 0 Å². The molecule has 0 bridgehead atoms. The van der Waals surface area contributed by atoms with Crippen LogP contribution in [-0.4, -0.2) is 47.8 Å². The second kappa shape index (κ2) is 8.39. The summed E-state index contributed by atoms with van der Waals surface area (Å²) < 4.78 is 0. The number of aliphatic hydroxyl groups excluding tert-OH is 1. The van der Waals surface area contributed by atoms with Crippen molar-refractivity contribution in [1.82, 2.24) is 4.90 Å². The van der Waals surface area contributed by atoms with E-state index in [2.05, 4.69) is 25.1 Å². The predicted molar refractivity (Wildman–Crippen MR) is 77.7 cm³/mol. The summed E-state index contributed by atoms with van der Waals surface area (Å²) in [6, 6.07) is 0.667. The highest BCUT2D eigenvalue weighted by Crippen LogP contribution is 2.25. The summed E-state index contributed by atoms with van der Waals surface area (Å²) in [6.45, 7) is 3.33. The van der Waals surface area contributed by atoms with Crippen LogP contribution in [0.3, 0.4) is 0 Å². The first-order valence-electron chi connectivity index (χ1n) is 7.06. The quantitative estimate of drug-likeness (QED) is 0.742. The molecule has 1 N–H and O–H groups in total. The smallest absolute Gasteiger partial charge is 0.0580 e. The van der Waals surface area contributed by atoms with Gasteiger partial charge in [0.15, 0.2) is 0 Å². The molecule has 3 unspecified atom stereocenters. The first-order valence-corrected chi connectivity index (χ1v) is 8.45. The summed E-state index contributed by atoms with van der Waals surface area (Å²) in [5.41, 5.74) is 0. The Morgan fingerprint density at radius 1 is 1.29 bits per heavy atom. The topological polar surface area (TPSA) is 23.5 Å². The Labute approximate surface area is 111 Å². The minimum atomic E-state index is -0.0632. The average Bonchev–Trinajstić information content (AvgIpc) is 2.52.